The van der Waals surface area contributed by atoms with Gasteiger partial charge in [0.05, 0.1) is 18.8 Å². The van der Waals surface area contributed by atoms with Crippen molar-refractivity contribution in [1.82, 2.24) is 20.4 Å². The van der Waals surface area contributed by atoms with Gasteiger partial charge in [-0.15, -0.1) is 24.0 Å². The van der Waals surface area contributed by atoms with Crippen LogP contribution in [0.5, 0.6) is 5.75 Å². The summed E-state index contributed by atoms with van der Waals surface area (Å²) in [6.07, 6.45) is 1.78. The molecule has 0 atom stereocenters. The smallest absolute Gasteiger partial charge is 0.191 e. The van der Waals surface area contributed by atoms with Crippen LogP contribution in [0.15, 0.2) is 41.5 Å². The minimum absolute atomic E-state index is 0. The molecule has 0 spiro atoms. The number of aryl methyl sites for hydroxylation is 2. The number of guanidine groups is 1. The van der Waals surface area contributed by atoms with Gasteiger partial charge in [-0.3, -0.25) is 4.68 Å². The molecular weight excluding hydrogens is 417 g/mol. The van der Waals surface area contributed by atoms with Crippen LogP contribution in [0.25, 0.3) is 0 Å². The molecule has 0 bridgehead atoms. The van der Waals surface area contributed by atoms with Crippen molar-refractivity contribution in [3.05, 3.63) is 47.8 Å². The third kappa shape index (κ3) is 6.77. The lowest BCUT2D eigenvalue weighted by atomic mass is 10.2. The molecule has 1 aromatic heterocycles. The number of hydrogen-bond donors (Lipinski definition) is 2. The summed E-state index contributed by atoms with van der Waals surface area (Å²) in [5.41, 5.74) is 2.26. The predicted molar refractivity (Wildman–Crippen MR) is 108 cm³/mol. The van der Waals surface area contributed by atoms with Crippen molar-refractivity contribution in [3.63, 3.8) is 0 Å². The van der Waals surface area contributed by atoms with E-state index in [1.54, 1.807) is 6.20 Å². The Hall–Kier alpha value is -1.77. The summed E-state index contributed by atoms with van der Waals surface area (Å²) in [6.45, 7) is 6.77. The van der Waals surface area contributed by atoms with E-state index >= 15 is 0 Å². The molecule has 0 amide bonds. The molecule has 0 aliphatic heterocycles. The van der Waals surface area contributed by atoms with Crippen LogP contribution in [-0.2, 0) is 13.6 Å². The van der Waals surface area contributed by atoms with E-state index in [2.05, 4.69) is 33.7 Å². The Kier molecular flexibility index (Phi) is 9.21. The highest BCUT2D eigenvalue weighted by molar-refractivity contribution is 14.0. The standard InChI is InChI=1S/C17H25N5O.HI/c1-4-18-17(20-13-15-8-9-21-22(15)3)19-10-11-23-16-7-5-6-14(2)12-16;/h5-9,12H,4,10-11,13H2,1-3H3,(H2,18,19,20);1H. The maximum Gasteiger partial charge on any atom is 0.191 e. The van der Waals surface area contributed by atoms with E-state index in [4.69, 9.17) is 4.74 Å². The van der Waals surface area contributed by atoms with E-state index in [0.29, 0.717) is 19.7 Å². The van der Waals surface area contributed by atoms with Gasteiger partial charge >= 0.3 is 0 Å². The first-order chi connectivity index (χ1) is 11.2. The second-order valence-corrected chi connectivity index (χ2v) is 5.23. The van der Waals surface area contributed by atoms with Crippen molar-refractivity contribution < 1.29 is 4.74 Å². The lowest BCUT2D eigenvalue weighted by Crippen LogP contribution is -2.39. The number of rotatable bonds is 7. The summed E-state index contributed by atoms with van der Waals surface area (Å²) in [7, 11) is 1.92. The normalized spacial score (nSPS) is 10.9. The van der Waals surface area contributed by atoms with E-state index in [1.165, 1.54) is 5.56 Å². The zero-order valence-corrected chi connectivity index (χ0v) is 16.8. The molecule has 1 heterocycles. The molecule has 24 heavy (non-hydrogen) atoms. The summed E-state index contributed by atoms with van der Waals surface area (Å²) in [5, 5.41) is 10.6. The quantitative estimate of drug-likeness (QED) is 0.299. The monoisotopic (exact) mass is 443 g/mol. The first kappa shape index (κ1) is 20.3. The zero-order chi connectivity index (χ0) is 16.5. The van der Waals surface area contributed by atoms with Crippen molar-refractivity contribution in [3.8, 4) is 5.75 Å². The summed E-state index contributed by atoms with van der Waals surface area (Å²) in [5.74, 6) is 1.67. The second-order valence-electron chi connectivity index (χ2n) is 5.23. The van der Waals surface area contributed by atoms with Crippen LogP contribution in [0, 0.1) is 6.92 Å². The van der Waals surface area contributed by atoms with Gasteiger partial charge in [0.15, 0.2) is 5.96 Å². The highest BCUT2D eigenvalue weighted by Gasteiger charge is 2.00. The Morgan fingerprint density at radius 2 is 2.12 bits per heavy atom. The van der Waals surface area contributed by atoms with Crippen LogP contribution < -0.4 is 15.4 Å². The van der Waals surface area contributed by atoms with Crippen LogP contribution in [-0.4, -0.2) is 35.4 Å². The fourth-order valence-electron chi connectivity index (χ4n) is 2.10. The lowest BCUT2D eigenvalue weighted by Gasteiger charge is -2.12. The molecule has 2 N–H and O–H groups in total. The van der Waals surface area contributed by atoms with E-state index in [9.17, 15) is 0 Å². The van der Waals surface area contributed by atoms with Gasteiger partial charge in [0, 0.05) is 19.8 Å². The molecule has 6 nitrogen and oxygen atoms in total. The summed E-state index contributed by atoms with van der Waals surface area (Å²) < 4.78 is 7.55. The van der Waals surface area contributed by atoms with E-state index in [-0.39, 0.29) is 24.0 Å². The molecule has 0 fully saturated rings. The molecule has 0 radical (unpaired) electrons. The van der Waals surface area contributed by atoms with Gasteiger partial charge in [-0.2, -0.15) is 5.10 Å². The van der Waals surface area contributed by atoms with Gasteiger partial charge in [0.1, 0.15) is 12.4 Å². The molecule has 0 saturated carbocycles. The van der Waals surface area contributed by atoms with E-state index < -0.39 is 0 Å². The van der Waals surface area contributed by atoms with Gasteiger partial charge in [-0.1, -0.05) is 12.1 Å². The van der Waals surface area contributed by atoms with Gasteiger partial charge < -0.3 is 15.4 Å². The Morgan fingerprint density at radius 1 is 1.29 bits per heavy atom. The number of benzene rings is 1. The molecule has 2 aromatic rings. The molecule has 0 unspecified atom stereocenters. The highest BCUT2D eigenvalue weighted by atomic mass is 127. The first-order valence-electron chi connectivity index (χ1n) is 7.87. The van der Waals surface area contributed by atoms with E-state index in [0.717, 1.165) is 23.9 Å². The third-order valence-electron chi connectivity index (χ3n) is 3.32. The molecule has 0 saturated heterocycles. The van der Waals surface area contributed by atoms with Gasteiger partial charge in [-0.25, -0.2) is 4.99 Å². The minimum Gasteiger partial charge on any atom is -0.492 e. The number of halogens is 1. The number of nitrogens with one attached hydrogen (secondary N) is 2. The maximum atomic E-state index is 5.73. The lowest BCUT2D eigenvalue weighted by molar-refractivity contribution is 0.321. The molecule has 0 aliphatic rings. The molecule has 2 rings (SSSR count). The van der Waals surface area contributed by atoms with Crippen molar-refractivity contribution in [1.29, 1.82) is 0 Å². The Morgan fingerprint density at radius 3 is 2.79 bits per heavy atom. The van der Waals surface area contributed by atoms with E-state index in [1.807, 2.05) is 42.9 Å². The summed E-state index contributed by atoms with van der Waals surface area (Å²) in [4.78, 5) is 4.55. The number of aromatic nitrogens is 2. The molecule has 7 heteroatoms. The van der Waals surface area contributed by atoms with Crippen LogP contribution in [0.4, 0.5) is 0 Å². The number of ether oxygens (including phenoxy) is 1. The highest BCUT2D eigenvalue weighted by Crippen LogP contribution is 2.11. The average molecular weight is 443 g/mol. The second kappa shape index (κ2) is 10.9. The number of aliphatic imine (C=N–C) groups is 1. The summed E-state index contributed by atoms with van der Waals surface area (Å²) >= 11 is 0. The van der Waals surface area contributed by atoms with Crippen LogP contribution in [0.1, 0.15) is 18.2 Å². The fraction of sp³-hybridized carbons (Fsp3) is 0.412. The van der Waals surface area contributed by atoms with Gasteiger partial charge in [-0.05, 0) is 37.6 Å². The number of hydrogen-bond acceptors (Lipinski definition) is 3. The Labute approximate surface area is 160 Å². The maximum absolute atomic E-state index is 5.73. The zero-order valence-electron chi connectivity index (χ0n) is 14.5. The van der Waals surface area contributed by atoms with Crippen LogP contribution >= 0.6 is 24.0 Å². The summed E-state index contributed by atoms with van der Waals surface area (Å²) in [6, 6.07) is 10.0. The fourth-order valence-corrected chi connectivity index (χ4v) is 2.10. The van der Waals surface area contributed by atoms with Crippen molar-refractivity contribution in [2.75, 3.05) is 19.7 Å². The SMILES string of the molecule is CCNC(=NCc1ccnn1C)NCCOc1cccc(C)c1.I. The topological polar surface area (TPSA) is 63.5 Å². The minimum atomic E-state index is 0. The molecular formula is C17H26IN5O. The Bertz CT molecular complexity index is 641. The molecule has 1 aromatic carbocycles. The first-order valence-corrected chi connectivity index (χ1v) is 7.87. The van der Waals surface area contributed by atoms with Crippen molar-refractivity contribution in [2.45, 2.75) is 20.4 Å². The largest absolute Gasteiger partial charge is 0.492 e. The predicted octanol–water partition coefficient (Wildman–Crippen LogP) is 2.48. The van der Waals surface area contributed by atoms with Crippen molar-refractivity contribution in [2.24, 2.45) is 12.0 Å². The molecule has 132 valence electrons. The van der Waals surface area contributed by atoms with Gasteiger partial charge in [0.2, 0.25) is 0 Å². The average Bonchev–Trinajstić information content (AvgIpc) is 2.94. The van der Waals surface area contributed by atoms with Crippen LogP contribution in [0.3, 0.4) is 0 Å². The third-order valence-corrected chi connectivity index (χ3v) is 3.32. The number of nitrogens with zero attached hydrogens (tertiary/aromatic N) is 3. The van der Waals surface area contributed by atoms with Crippen LogP contribution in [0.2, 0.25) is 0 Å². The van der Waals surface area contributed by atoms with Crippen molar-refractivity contribution >= 4 is 29.9 Å². The molecule has 0 aliphatic carbocycles. The van der Waals surface area contributed by atoms with Gasteiger partial charge in [0.25, 0.3) is 0 Å². The Balaban J connectivity index is 0.00000288.